The summed E-state index contributed by atoms with van der Waals surface area (Å²) in [5.41, 5.74) is 3.84. The van der Waals surface area contributed by atoms with E-state index in [1.165, 1.54) is 0 Å². The molecule has 1 N–H and O–H groups in total. The van der Waals surface area contributed by atoms with Crippen molar-refractivity contribution in [2.75, 3.05) is 32.8 Å². The zero-order valence-corrected chi connectivity index (χ0v) is 16.6. The molecule has 1 aliphatic heterocycles. The largest absolute Gasteiger partial charge is 0.496 e. The first-order chi connectivity index (χ1) is 14.2. The zero-order chi connectivity index (χ0) is 20.4. The Morgan fingerprint density at radius 2 is 1.86 bits per heavy atom. The average molecular weight is 393 g/mol. The molecule has 1 aromatic heterocycles. The molecule has 0 bridgehead atoms. The summed E-state index contributed by atoms with van der Waals surface area (Å²) in [6, 6.07) is 15.1. The number of imidazole rings is 1. The number of benzene rings is 2. The number of rotatable bonds is 6. The van der Waals surface area contributed by atoms with Gasteiger partial charge < -0.3 is 19.5 Å². The van der Waals surface area contributed by atoms with E-state index in [4.69, 9.17) is 19.2 Å². The van der Waals surface area contributed by atoms with Crippen LogP contribution in [0.5, 0.6) is 5.75 Å². The second-order valence-electron chi connectivity index (χ2n) is 6.73. The van der Waals surface area contributed by atoms with Gasteiger partial charge >= 0.3 is 5.97 Å². The number of aromatic nitrogens is 2. The van der Waals surface area contributed by atoms with E-state index in [2.05, 4.69) is 5.32 Å². The first-order valence-electron chi connectivity index (χ1n) is 9.39. The van der Waals surface area contributed by atoms with Crippen LogP contribution in [-0.4, -0.2) is 43.0 Å². The summed E-state index contributed by atoms with van der Waals surface area (Å²) in [4.78, 5) is 17.8. The molecule has 7 heteroatoms. The summed E-state index contributed by atoms with van der Waals surface area (Å²) in [6.45, 7) is 2.38. The molecule has 0 aliphatic carbocycles. The fourth-order valence-corrected chi connectivity index (χ4v) is 3.71. The number of fused-ring (bicyclic) bond motifs is 3. The molecule has 0 saturated carbocycles. The summed E-state index contributed by atoms with van der Waals surface area (Å²) in [5, 5.41) is 3.27. The van der Waals surface area contributed by atoms with Crippen LogP contribution < -0.4 is 10.1 Å². The fraction of sp³-hybridized carbons (Fsp3) is 0.273. The van der Waals surface area contributed by atoms with Crippen LogP contribution in [0.2, 0.25) is 0 Å². The van der Waals surface area contributed by atoms with Gasteiger partial charge in [0.2, 0.25) is 5.95 Å². The Morgan fingerprint density at radius 1 is 1.10 bits per heavy atom. The monoisotopic (exact) mass is 393 g/mol. The van der Waals surface area contributed by atoms with Gasteiger partial charge in [-0.05, 0) is 25.1 Å². The molecule has 1 atom stereocenters. The van der Waals surface area contributed by atoms with E-state index in [-0.39, 0.29) is 6.61 Å². The molecule has 2 heterocycles. The van der Waals surface area contributed by atoms with Gasteiger partial charge in [0.15, 0.2) is 0 Å². The van der Waals surface area contributed by atoms with Crippen molar-refractivity contribution in [3.05, 3.63) is 65.4 Å². The highest BCUT2D eigenvalue weighted by Gasteiger charge is 2.36. The van der Waals surface area contributed by atoms with E-state index in [0.717, 1.165) is 16.6 Å². The minimum atomic E-state index is -0.440. The average Bonchev–Trinajstić information content (AvgIpc) is 3.10. The highest BCUT2D eigenvalue weighted by molar-refractivity contribution is 5.94. The molecule has 4 rings (SSSR count). The standard InChI is InChI=1S/C22H23N3O4/c1-14-19(21(26)29-13-12-27-2)20(15-8-4-7-11-18(15)28-3)25-17-10-6-5-9-16(17)24-22(25)23-14/h4-11,20H,12-13H2,1-3H3,(H,23,24). The molecule has 2 aromatic carbocycles. The second kappa shape index (κ2) is 7.97. The highest BCUT2D eigenvalue weighted by atomic mass is 16.6. The number of hydrogen-bond acceptors (Lipinski definition) is 6. The van der Waals surface area contributed by atoms with E-state index in [1.54, 1.807) is 14.2 Å². The zero-order valence-electron chi connectivity index (χ0n) is 16.6. The third-order valence-corrected chi connectivity index (χ3v) is 5.00. The van der Waals surface area contributed by atoms with Crippen molar-refractivity contribution in [2.24, 2.45) is 0 Å². The molecule has 7 nitrogen and oxygen atoms in total. The molecule has 150 valence electrons. The van der Waals surface area contributed by atoms with E-state index >= 15 is 0 Å². The van der Waals surface area contributed by atoms with Crippen LogP contribution in [-0.2, 0) is 14.3 Å². The maximum Gasteiger partial charge on any atom is 0.338 e. The lowest BCUT2D eigenvalue weighted by Crippen LogP contribution is -2.29. The summed E-state index contributed by atoms with van der Waals surface area (Å²) in [7, 11) is 3.20. The van der Waals surface area contributed by atoms with E-state index in [1.807, 2.05) is 60.0 Å². The number of carbonyl (C=O) groups excluding carboxylic acids is 1. The molecule has 1 aliphatic rings. The number of carbonyl (C=O) groups is 1. The third kappa shape index (κ3) is 3.34. The van der Waals surface area contributed by atoms with Gasteiger partial charge in [0.25, 0.3) is 0 Å². The van der Waals surface area contributed by atoms with Crippen molar-refractivity contribution in [1.82, 2.24) is 9.55 Å². The van der Waals surface area contributed by atoms with Gasteiger partial charge in [-0.2, -0.15) is 0 Å². The molecule has 0 fully saturated rings. The molecule has 0 amide bonds. The van der Waals surface area contributed by atoms with Gasteiger partial charge in [0, 0.05) is 18.4 Å². The summed E-state index contributed by atoms with van der Waals surface area (Å²) in [5.74, 6) is 0.970. The number of allylic oxidation sites excluding steroid dienone is 1. The summed E-state index contributed by atoms with van der Waals surface area (Å²) >= 11 is 0. The highest BCUT2D eigenvalue weighted by Crippen LogP contribution is 2.42. The normalized spacial score (nSPS) is 15.8. The molecular formula is C22H23N3O4. The molecule has 0 spiro atoms. The minimum absolute atomic E-state index is 0.183. The van der Waals surface area contributed by atoms with E-state index in [0.29, 0.717) is 29.6 Å². The van der Waals surface area contributed by atoms with Crippen LogP contribution in [0.1, 0.15) is 18.5 Å². The minimum Gasteiger partial charge on any atom is -0.496 e. The SMILES string of the molecule is COCCOC(=O)C1=C(C)Nc2nc3ccccc3n2C1c1ccccc1OC. The lowest BCUT2D eigenvalue weighted by molar-refractivity contribution is -0.140. The van der Waals surface area contributed by atoms with Gasteiger partial charge in [-0.3, -0.25) is 4.57 Å². The number of nitrogens with zero attached hydrogens (tertiary/aromatic N) is 2. The number of ether oxygens (including phenoxy) is 3. The molecule has 29 heavy (non-hydrogen) atoms. The van der Waals surface area contributed by atoms with Crippen LogP contribution in [0, 0.1) is 0 Å². The Labute approximate surface area is 168 Å². The molecular weight excluding hydrogens is 370 g/mol. The predicted molar refractivity (Wildman–Crippen MR) is 110 cm³/mol. The first kappa shape index (κ1) is 19.0. The number of hydrogen-bond donors (Lipinski definition) is 1. The van der Waals surface area contributed by atoms with Crippen molar-refractivity contribution in [2.45, 2.75) is 13.0 Å². The Hall–Kier alpha value is -3.32. The summed E-state index contributed by atoms with van der Waals surface area (Å²) < 4.78 is 18.1. The number of anilines is 1. The third-order valence-electron chi connectivity index (χ3n) is 5.00. The van der Waals surface area contributed by atoms with E-state index < -0.39 is 12.0 Å². The molecule has 1 unspecified atom stereocenters. The molecule has 0 saturated heterocycles. The van der Waals surface area contributed by atoms with Gasteiger partial charge in [-0.1, -0.05) is 30.3 Å². The molecule has 3 aromatic rings. The van der Waals surface area contributed by atoms with Crippen molar-refractivity contribution in [3.63, 3.8) is 0 Å². The Balaban J connectivity index is 1.91. The number of methoxy groups -OCH3 is 2. The first-order valence-corrected chi connectivity index (χ1v) is 9.39. The maximum absolute atomic E-state index is 13.1. The van der Waals surface area contributed by atoms with Gasteiger partial charge in [-0.25, -0.2) is 9.78 Å². The van der Waals surface area contributed by atoms with Crippen LogP contribution in [0.3, 0.4) is 0 Å². The maximum atomic E-state index is 13.1. The lowest BCUT2D eigenvalue weighted by atomic mass is 9.94. The van der Waals surface area contributed by atoms with Crippen molar-refractivity contribution >= 4 is 23.0 Å². The van der Waals surface area contributed by atoms with Crippen molar-refractivity contribution in [3.8, 4) is 5.75 Å². The fourth-order valence-electron chi connectivity index (χ4n) is 3.71. The van der Waals surface area contributed by atoms with Crippen LogP contribution in [0.25, 0.3) is 11.0 Å². The quantitative estimate of drug-likeness (QED) is 0.510. The predicted octanol–water partition coefficient (Wildman–Crippen LogP) is 3.52. The number of nitrogens with one attached hydrogen (secondary N) is 1. The topological polar surface area (TPSA) is 74.6 Å². The number of para-hydroxylation sites is 3. The van der Waals surface area contributed by atoms with E-state index in [9.17, 15) is 4.79 Å². The second-order valence-corrected chi connectivity index (χ2v) is 6.73. The van der Waals surface area contributed by atoms with Gasteiger partial charge in [0.1, 0.15) is 12.4 Å². The Kier molecular flexibility index (Phi) is 5.22. The summed E-state index contributed by atoms with van der Waals surface area (Å²) in [6.07, 6.45) is 0. The van der Waals surface area contributed by atoms with Crippen molar-refractivity contribution in [1.29, 1.82) is 0 Å². The Morgan fingerprint density at radius 3 is 2.66 bits per heavy atom. The van der Waals surface area contributed by atoms with Crippen LogP contribution in [0.4, 0.5) is 5.95 Å². The molecule has 0 radical (unpaired) electrons. The van der Waals surface area contributed by atoms with Crippen molar-refractivity contribution < 1.29 is 19.0 Å². The number of esters is 1. The smallest absolute Gasteiger partial charge is 0.338 e. The van der Waals surface area contributed by atoms with Crippen LogP contribution >= 0.6 is 0 Å². The lowest BCUT2D eigenvalue weighted by Gasteiger charge is -2.31. The van der Waals surface area contributed by atoms with Gasteiger partial charge in [-0.15, -0.1) is 0 Å². The Bertz CT molecular complexity index is 1090. The van der Waals surface area contributed by atoms with Crippen LogP contribution in [0.15, 0.2) is 59.8 Å². The van der Waals surface area contributed by atoms with Gasteiger partial charge in [0.05, 0.1) is 36.4 Å².